The van der Waals surface area contributed by atoms with Crippen molar-refractivity contribution in [2.24, 2.45) is 11.7 Å². The molecule has 4 heteroatoms. The summed E-state index contributed by atoms with van der Waals surface area (Å²) < 4.78 is 0. The molecule has 2 aliphatic rings. The van der Waals surface area contributed by atoms with Crippen LogP contribution in [0, 0.1) is 5.92 Å². The number of rotatable bonds is 2. The number of benzene rings is 1. The summed E-state index contributed by atoms with van der Waals surface area (Å²) in [5.41, 5.74) is 8.53. The van der Waals surface area contributed by atoms with Gasteiger partial charge in [-0.3, -0.25) is 4.79 Å². The number of nitrogens with two attached hydrogens (primary N) is 1. The predicted molar refractivity (Wildman–Crippen MR) is 79.4 cm³/mol. The monoisotopic (exact) mass is 273 g/mol. The largest absolute Gasteiger partial charge is 0.336 e. The molecule has 1 aliphatic heterocycles. The Morgan fingerprint density at radius 2 is 1.90 bits per heavy atom. The summed E-state index contributed by atoms with van der Waals surface area (Å²) in [5, 5.41) is 0. The zero-order valence-electron chi connectivity index (χ0n) is 12.1. The number of carbonyl (C=O) groups is 1. The van der Waals surface area contributed by atoms with Crippen LogP contribution in [0.25, 0.3) is 0 Å². The molecule has 0 bridgehead atoms. The topological polar surface area (TPSA) is 49.6 Å². The van der Waals surface area contributed by atoms with E-state index < -0.39 is 0 Å². The van der Waals surface area contributed by atoms with E-state index in [0.717, 1.165) is 32.5 Å². The minimum absolute atomic E-state index is 0.116. The van der Waals surface area contributed by atoms with Crippen molar-refractivity contribution in [1.82, 2.24) is 9.80 Å². The second-order valence-electron chi connectivity index (χ2n) is 6.06. The van der Waals surface area contributed by atoms with Crippen LogP contribution >= 0.6 is 0 Å². The Labute approximate surface area is 120 Å². The highest BCUT2D eigenvalue weighted by Gasteiger charge is 2.35. The standard InChI is InChI=1S/C16H23N3O/c1-18-6-7-19(15(10-17)11-18)16(20)14-8-12-4-2-3-5-13(12)9-14/h2-5,14-15H,6-11,17H2,1H3. The maximum Gasteiger partial charge on any atom is 0.226 e. The molecule has 4 nitrogen and oxygen atoms in total. The number of fused-ring (bicyclic) bond motifs is 1. The zero-order valence-corrected chi connectivity index (χ0v) is 12.1. The van der Waals surface area contributed by atoms with Crippen molar-refractivity contribution in [1.29, 1.82) is 0 Å². The smallest absolute Gasteiger partial charge is 0.226 e. The summed E-state index contributed by atoms with van der Waals surface area (Å²) in [6, 6.07) is 8.58. The van der Waals surface area contributed by atoms with E-state index in [2.05, 4.69) is 36.2 Å². The van der Waals surface area contributed by atoms with Crippen molar-refractivity contribution in [3.63, 3.8) is 0 Å². The van der Waals surface area contributed by atoms with Crippen molar-refractivity contribution in [3.8, 4) is 0 Å². The van der Waals surface area contributed by atoms with Crippen molar-refractivity contribution in [2.75, 3.05) is 33.2 Å². The zero-order chi connectivity index (χ0) is 14.1. The first-order chi connectivity index (χ1) is 9.69. The Hall–Kier alpha value is -1.39. The van der Waals surface area contributed by atoms with Gasteiger partial charge in [-0.25, -0.2) is 0 Å². The van der Waals surface area contributed by atoms with E-state index in [4.69, 9.17) is 5.73 Å². The van der Waals surface area contributed by atoms with Gasteiger partial charge in [0.15, 0.2) is 0 Å². The molecule has 108 valence electrons. The number of amides is 1. The lowest BCUT2D eigenvalue weighted by molar-refractivity contribution is -0.139. The van der Waals surface area contributed by atoms with Crippen LogP contribution in [0.3, 0.4) is 0 Å². The third-order valence-electron chi connectivity index (χ3n) is 4.64. The number of carbonyl (C=O) groups excluding carboxylic acids is 1. The third kappa shape index (κ3) is 2.45. The number of piperazine rings is 1. The lowest BCUT2D eigenvalue weighted by atomic mass is 10.0. The first-order valence-corrected chi connectivity index (χ1v) is 7.45. The van der Waals surface area contributed by atoms with E-state index in [1.807, 2.05) is 4.90 Å². The predicted octanol–water partition coefficient (Wildman–Crippen LogP) is 0.503. The van der Waals surface area contributed by atoms with Gasteiger partial charge < -0.3 is 15.5 Å². The first-order valence-electron chi connectivity index (χ1n) is 7.45. The molecule has 1 aromatic carbocycles. The van der Waals surface area contributed by atoms with E-state index in [9.17, 15) is 4.79 Å². The third-order valence-corrected chi connectivity index (χ3v) is 4.64. The highest BCUT2D eigenvalue weighted by Crippen LogP contribution is 2.28. The molecule has 1 atom stereocenters. The summed E-state index contributed by atoms with van der Waals surface area (Å²) in [6.45, 7) is 3.20. The summed E-state index contributed by atoms with van der Waals surface area (Å²) in [6.07, 6.45) is 1.78. The number of hydrogen-bond donors (Lipinski definition) is 1. The van der Waals surface area contributed by atoms with Gasteiger partial charge in [0.1, 0.15) is 0 Å². The van der Waals surface area contributed by atoms with E-state index in [-0.39, 0.29) is 12.0 Å². The maximum absolute atomic E-state index is 12.8. The maximum atomic E-state index is 12.8. The lowest BCUT2D eigenvalue weighted by Crippen LogP contribution is -2.58. The Balaban J connectivity index is 1.71. The molecule has 1 unspecified atom stereocenters. The molecule has 3 rings (SSSR count). The van der Waals surface area contributed by atoms with E-state index >= 15 is 0 Å². The Morgan fingerprint density at radius 3 is 2.50 bits per heavy atom. The van der Waals surface area contributed by atoms with Gasteiger partial charge in [-0.15, -0.1) is 0 Å². The van der Waals surface area contributed by atoms with Crippen molar-refractivity contribution in [2.45, 2.75) is 18.9 Å². The second kappa shape index (κ2) is 5.54. The summed E-state index contributed by atoms with van der Waals surface area (Å²) in [7, 11) is 2.09. The van der Waals surface area contributed by atoms with Crippen LogP contribution < -0.4 is 5.73 Å². The molecule has 20 heavy (non-hydrogen) atoms. The molecule has 0 radical (unpaired) electrons. The lowest BCUT2D eigenvalue weighted by Gasteiger charge is -2.40. The minimum Gasteiger partial charge on any atom is -0.336 e. The molecule has 1 saturated heterocycles. The van der Waals surface area contributed by atoms with Gasteiger partial charge in [0.25, 0.3) is 0 Å². The molecule has 2 N–H and O–H groups in total. The first kappa shape index (κ1) is 13.6. The van der Waals surface area contributed by atoms with Crippen molar-refractivity contribution in [3.05, 3.63) is 35.4 Å². The highest BCUT2D eigenvalue weighted by atomic mass is 16.2. The Morgan fingerprint density at radius 1 is 1.25 bits per heavy atom. The van der Waals surface area contributed by atoms with E-state index in [1.54, 1.807) is 0 Å². The van der Waals surface area contributed by atoms with Gasteiger partial charge in [0.05, 0.1) is 6.04 Å². The molecule has 1 aliphatic carbocycles. The molecular formula is C16H23N3O. The van der Waals surface area contributed by atoms with Crippen LogP contribution in [0.15, 0.2) is 24.3 Å². The van der Waals surface area contributed by atoms with Gasteiger partial charge in [0, 0.05) is 32.1 Å². The second-order valence-corrected chi connectivity index (χ2v) is 6.06. The van der Waals surface area contributed by atoms with Crippen LogP contribution in [0.1, 0.15) is 11.1 Å². The minimum atomic E-state index is 0.116. The van der Waals surface area contributed by atoms with Crippen molar-refractivity contribution < 1.29 is 4.79 Å². The SMILES string of the molecule is CN1CCN(C(=O)C2Cc3ccccc3C2)C(CN)C1. The van der Waals surface area contributed by atoms with Gasteiger partial charge in [-0.2, -0.15) is 0 Å². The molecule has 0 spiro atoms. The van der Waals surface area contributed by atoms with Crippen molar-refractivity contribution >= 4 is 5.91 Å². The van der Waals surface area contributed by atoms with Gasteiger partial charge in [0.2, 0.25) is 5.91 Å². The van der Waals surface area contributed by atoms with Crippen LogP contribution in [-0.4, -0.2) is 55.0 Å². The number of likely N-dealkylation sites (N-methyl/N-ethyl adjacent to an activating group) is 1. The average Bonchev–Trinajstić information content (AvgIpc) is 2.90. The van der Waals surface area contributed by atoms with E-state index in [0.29, 0.717) is 12.5 Å². The fraction of sp³-hybridized carbons (Fsp3) is 0.562. The number of hydrogen-bond acceptors (Lipinski definition) is 3. The average molecular weight is 273 g/mol. The van der Waals surface area contributed by atoms with Gasteiger partial charge in [-0.1, -0.05) is 24.3 Å². The summed E-state index contributed by atoms with van der Waals surface area (Å²) in [4.78, 5) is 17.1. The van der Waals surface area contributed by atoms with Gasteiger partial charge in [-0.05, 0) is 31.0 Å². The highest BCUT2D eigenvalue weighted by molar-refractivity contribution is 5.81. The molecule has 0 aromatic heterocycles. The number of nitrogens with zero attached hydrogens (tertiary/aromatic N) is 2. The van der Waals surface area contributed by atoms with Crippen LogP contribution in [0.2, 0.25) is 0 Å². The van der Waals surface area contributed by atoms with Crippen LogP contribution in [-0.2, 0) is 17.6 Å². The Kier molecular flexibility index (Phi) is 3.76. The summed E-state index contributed by atoms with van der Waals surface area (Å²) >= 11 is 0. The molecule has 1 heterocycles. The fourth-order valence-electron chi connectivity index (χ4n) is 3.47. The van der Waals surface area contributed by atoms with Gasteiger partial charge >= 0.3 is 0 Å². The quantitative estimate of drug-likeness (QED) is 0.854. The molecule has 1 aromatic rings. The molecule has 1 fully saturated rings. The van der Waals surface area contributed by atoms with E-state index in [1.165, 1.54) is 11.1 Å². The summed E-state index contributed by atoms with van der Waals surface area (Å²) in [5.74, 6) is 0.412. The van der Waals surface area contributed by atoms with Crippen LogP contribution in [0.4, 0.5) is 0 Å². The molecule has 0 saturated carbocycles. The molecular weight excluding hydrogens is 250 g/mol. The normalized spacial score (nSPS) is 23.9. The van der Waals surface area contributed by atoms with Crippen LogP contribution in [0.5, 0.6) is 0 Å². The fourth-order valence-corrected chi connectivity index (χ4v) is 3.47. The Bertz CT molecular complexity index is 477. The molecule has 1 amide bonds.